The van der Waals surface area contributed by atoms with Gasteiger partial charge in [0.1, 0.15) is 10.5 Å². The summed E-state index contributed by atoms with van der Waals surface area (Å²) in [6.07, 6.45) is 3.82. The van der Waals surface area contributed by atoms with Crippen LogP contribution >= 0.6 is 11.3 Å². The highest BCUT2D eigenvalue weighted by Gasteiger charge is 2.16. The molecule has 0 atom stereocenters. The molecule has 160 valence electrons. The van der Waals surface area contributed by atoms with Gasteiger partial charge in [-0.1, -0.05) is 42.8 Å². The number of piperidine rings is 1. The lowest BCUT2D eigenvalue weighted by Crippen LogP contribution is -2.35. The number of hydrogen-bond donors (Lipinski definition) is 0. The number of benzene rings is 3. The number of aromatic nitrogens is 2. The minimum Gasteiger partial charge on any atom is -0.302 e. The Labute approximate surface area is 190 Å². The van der Waals surface area contributed by atoms with E-state index in [2.05, 4.69) is 59.5 Å². The third-order valence-corrected chi connectivity index (χ3v) is 7.51. The maximum atomic E-state index is 13.4. The smallest absolute Gasteiger partial charge is 0.271 e. The van der Waals surface area contributed by atoms with Crippen LogP contribution in [0.15, 0.2) is 70.8 Å². The van der Waals surface area contributed by atoms with E-state index in [4.69, 9.17) is 4.98 Å². The van der Waals surface area contributed by atoms with Crippen molar-refractivity contribution in [2.24, 2.45) is 0 Å². The van der Waals surface area contributed by atoms with Gasteiger partial charge in [-0.05, 0) is 77.1 Å². The van der Waals surface area contributed by atoms with E-state index < -0.39 is 0 Å². The Kier molecular flexibility index (Phi) is 5.01. The minimum absolute atomic E-state index is 0.0793. The predicted octanol–water partition coefficient (Wildman–Crippen LogP) is 5.92. The second-order valence-corrected chi connectivity index (χ2v) is 9.61. The van der Waals surface area contributed by atoms with Crippen LogP contribution in [0.5, 0.6) is 0 Å². The number of fused-ring (bicyclic) bond motifs is 3. The number of thiophene rings is 1. The second kappa shape index (κ2) is 8.15. The first-order valence-corrected chi connectivity index (χ1v) is 12.3. The molecule has 0 aliphatic carbocycles. The molecule has 0 saturated carbocycles. The van der Waals surface area contributed by atoms with E-state index in [-0.39, 0.29) is 5.56 Å². The van der Waals surface area contributed by atoms with Crippen LogP contribution in [-0.4, -0.2) is 34.1 Å². The van der Waals surface area contributed by atoms with Gasteiger partial charge in [0.25, 0.3) is 5.56 Å². The molecule has 0 spiro atoms. The van der Waals surface area contributed by atoms with E-state index in [9.17, 15) is 4.79 Å². The van der Waals surface area contributed by atoms with Crippen molar-refractivity contribution in [1.29, 1.82) is 0 Å². The fourth-order valence-corrected chi connectivity index (χ4v) is 5.65. The van der Waals surface area contributed by atoms with E-state index in [1.165, 1.54) is 52.1 Å². The lowest BCUT2D eigenvalue weighted by atomic mass is 10.0. The molecule has 1 aliphatic rings. The summed E-state index contributed by atoms with van der Waals surface area (Å²) >= 11 is 1.49. The fourth-order valence-electron chi connectivity index (χ4n) is 4.88. The predicted molar refractivity (Wildman–Crippen MR) is 135 cm³/mol. The van der Waals surface area contributed by atoms with Crippen LogP contribution < -0.4 is 5.56 Å². The van der Waals surface area contributed by atoms with E-state index in [1.807, 2.05) is 16.0 Å². The summed E-state index contributed by atoms with van der Waals surface area (Å²) < 4.78 is 2.65. The van der Waals surface area contributed by atoms with Crippen molar-refractivity contribution in [2.75, 3.05) is 19.6 Å². The quantitative estimate of drug-likeness (QED) is 0.326. The molecule has 0 amide bonds. The first-order chi connectivity index (χ1) is 15.8. The van der Waals surface area contributed by atoms with Gasteiger partial charge in [0.2, 0.25) is 0 Å². The summed E-state index contributed by atoms with van der Waals surface area (Å²) in [7, 11) is 0. The normalized spacial score (nSPS) is 15.1. The molecule has 6 rings (SSSR count). The van der Waals surface area contributed by atoms with Crippen molar-refractivity contribution in [3.05, 3.63) is 76.4 Å². The van der Waals surface area contributed by atoms with Gasteiger partial charge < -0.3 is 4.90 Å². The zero-order valence-corrected chi connectivity index (χ0v) is 18.8. The SMILES string of the molecule is O=c1c2sccc2nc(-c2ccc3cc4ccccc4cc3c2)n1CCN1CCCCC1. The van der Waals surface area contributed by atoms with Crippen LogP contribution in [0.1, 0.15) is 19.3 Å². The Bertz CT molecular complexity index is 1490. The maximum Gasteiger partial charge on any atom is 0.271 e. The topological polar surface area (TPSA) is 38.1 Å². The fraction of sp³-hybridized carbons (Fsp3) is 0.259. The van der Waals surface area contributed by atoms with Gasteiger partial charge in [-0.2, -0.15) is 0 Å². The monoisotopic (exact) mass is 439 g/mol. The molecule has 2 aromatic heterocycles. The molecule has 0 bridgehead atoms. The Balaban J connectivity index is 1.47. The lowest BCUT2D eigenvalue weighted by molar-refractivity contribution is 0.220. The van der Waals surface area contributed by atoms with Crippen LogP contribution in [0.4, 0.5) is 0 Å². The summed E-state index contributed by atoms with van der Waals surface area (Å²) in [5.41, 5.74) is 1.87. The largest absolute Gasteiger partial charge is 0.302 e. The van der Waals surface area contributed by atoms with E-state index in [0.717, 1.165) is 41.2 Å². The van der Waals surface area contributed by atoms with Gasteiger partial charge in [-0.3, -0.25) is 9.36 Å². The first kappa shape index (κ1) is 19.6. The average molecular weight is 440 g/mol. The van der Waals surface area contributed by atoms with Crippen molar-refractivity contribution in [2.45, 2.75) is 25.8 Å². The zero-order valence-electron chi connectivity index (χ0n) is 18.0. The van der Waals surface area contributed by atoms with Gasteiger partial charge in [0, 0.05) is 18.7 Å². The van der Waals surface area contributed by atoms with Crippen molar-refractivity contribution in [3.8, 4) is 11.4 Å². The van der Waals surface area contributed by atoms with Crippen molar-refractivity contribution >= 4 is 43.1 Å². The summed E-state index contributed by atoms with van der Waals surface area (Å²) in [5, 5.41) is 6.80. The van der Waals surface area contributed by atoms with Gasteiger partial charge in [0.05, 0.1) is 5.52 Å². The van der Waals surface area contributed by atoms with Crippen LogP contribution in [-0.2, 0) is 6.54 Å². The maximum absolute atomic E-state index is 13.4. The number of rotatable bonds is 4. The highest BCUT2D eigenvalue weighted by Crippen LogP contribution is 2.28. The molecule has 1 aliphatic heterocycles. The second-order valence-electron chi connectivity index (χ2n) is 8.69. The molecular weight excluding hydrogens is 414 g/mol. The highest BCUT2D eigenvalue weighted by molar-refractivity contribution is 7.17. The molecule has 1 fully saturated rings. The standard InChI is InChI=1S/C27H25N3OS/c31-27-25-24(10-15-32-25)28-26(30(27)14-13-29-11-4-1-5-12-29)22-9-8-21-16-19-6-2-3-7-20(19)17-23(21)18-22/h2-3,6-10,15-18H,1,4-5,11-14H2. The Morgan fingerprint density at radius 1 is 0.812 bits per heavy atom. The van der Waals surface area contributed by atoms with Crippen LogP contribution in [0.25, 0.3) is 43.1 Å². The molecule has 32 heavy (non-hydrogen) atoms. The molecule has 5 heteroatoms. The molecule has 5 aromatic rings. The molecule has 1 saturated heterocycles. The summed E-state index contributed by atoms with van der Waals surface area (Å²) in [4.78, 5) is 20.8. The van der Waals surface area contributed by atoms with Crippen LogP contribution in [0, 0.1) is 0 Å². The van der Waals surface area contributed by atoms with Crippen LogP contribution in [0.3, 0.4) is 0 Å². The number of nitrogens with zero attached hydrogens (tertiary/aromatic N) is 3. The van der Waals surface area contributed by atoms with Crippen molar-refractivity contribution in [3.63, 3.8) is 0 Å². The summed E-state index contributed by atoms with van der Waals surface area (Å²) in [6, 6.07) is 21.3. The van der Waals surface area contributed by atoms with Crippen molar-refractivity contribution in [1.82, 2.24) is 14.5 Å². The van der Waals surface area contributed by atoms with E-state index in [1.54, 1.807) is 0 Å². The molecule has 3 heterocycles. The summed E-state index contributed by atoms with van der Waals surface area (Å²) in [5.74, 6) is 0.771. The molecule has 0 radical (unpaired) electrons. The Morgan fingerprint density at radius 3 is 2.38 bits per heavy atom. The Hall–Kier alpha value is -3.02. The Morgan fingerprint density at radius 2 is 1.56 bits per heavy atom. The molecule has 4 nitrogen and oxygen atoms in total. The highest BCUT2D eigenvalue weighted by atomic mass is 32.1. The first-order valence-electron chi connectivity index (χ1n) is 11.4. The summed E-state index contributed by atoms with van der Waals surface area (Å²) in [6.45, 7) is 3.82. The minimum atomic E-state index is 0.0793. The van der Waals surface area contributed by atoms with Crippen molar-refractivity contribution < 1.29 is 0 Å². The van der Waals surface area contributed by atoms with E-state index in [0.29, 0.717) is 6.54 Å². The van der Waals surface area contributed by atoms with Gasteiger partial charge >= 0.3 is 0 Å². The van der Waals surface area contributed by atoms with Gasteiger partial charge in [-0.25, -0.2) is 4.98 Å². The van der Waals surface area contributed by atoms with Crippen LogP contribution in [0.2, 0.25) is 0 Å². The van der Waals surface area contributed by atoms with E-state index >= 15 is 0 Å². The third kappa shape index (κ3) is 3.51. The third-order valence-electron chi connectivity index (χ3n) is 6.62. The molecule has 3 aromatic carbocycles. The van der Waals surface area contributed by atoms with Gasteiger partial charge in [-0.15, -0.1) is 11.3 Å². The number of likely N-dealkylation sites (tertiary alicyclic amines) is 1. The van der Waals surface area contributed by atoms with Gasteiger partial charge in [0.15, 0.2) is 0 Å². The lowest BCUT2D eigenvalue weighted by Gasteiger charge is -2.27. The number of hydrogen-bond acceptors (Lipinski definition) is 4. The molecular formula is C27H25N3OS. The average Bonchev–Trinajstić information content (AvgIpc) is 3.31. The molecule has 0 unspecified atom stereocenters. The zero-order chi connectivity index (χ0) is 21.5. The molecule has 0 N–H and O–H groups in total.